The van der Waals surface area contributed by atoms with Crippen molar-refractivity contribution in [2.24, 2.45) is 0 Å². The van der Waals surface area contributed by atoms with Gasteiger partial charge in [-0.3, -0.25) is 4.68 Å². The Balaban J connectivity index is 2.19. The van der Waals surface area contributed by atoms with Gasteiger partial charge < -0.3 is 10.1 Å². The van der Waals surface area contributed by atoms with Crippen LogP contribution in [0.1, 0.15) is 29.4 Å². The highest BCUT2D eigenvalue weighted by atomic mass is 16.5. The molecule has 1 saturated heterocycles. The number of nitrogens with one attached hydrogen (secondary N) is 1. The number of aromatic nitrogens is 2. The number of methoxy groups -OCH3 is 1. The number of hydrogen-bond donors (Lipinski definition) is 1. The first kappa shape index (κ1) is 10.2. The molecule has 15 heavy (non-hydrogen) atoms. The summed E-state index contributed by atoms with van der Waals surface area (Å²) in [6, 6.07) is 1.96. The highest BCUT2D eigenvalue weighted by molar-refractivity contribution is 5.87. The predicted octanol–water partition coefficient (Wildman–Crippen LogP) is 0.594. The van der Waals surface area contributed by atoms with Crippen molar-refractivity contribution in [2.75, 3.05) is 20.2 Å². The summed E-state index contributed by atoms with van der Waals surface area (Å²) in [5.74, 6) is -0.321. The summed E-state index contributed by atoms with van der Waals surface area (Å²) in [6.45, 7) is 1.91. The van der Waals surface area contributed by atoms with Crippen molar-refractivity contribution in [1.29, 1.82) is 0 Å². The number of rotatable bonds is 2. The predicted molar refractivity (Wildman–Crippen MR) is 54.7 cm³/mol. The van der Waals surface area contributed by atoms with Gasteiger partial charge in [0.25, 0.3) is 0 Å². The highest BCUT2D eigenvalue weighted by Crippen LogP contribution is 2.17. The number of nitrogens with zero attached hydrogens (tertiary/aromatic N) is 2. The maximum absolute atomic E-state index is 11.4. The number of carbonyl (C=O) groups excluding carboxylic acids is 1. The minimum atomic E-state index is -0.321. The molecule has 1 aliphatic rings. The van der Waals surface area contributed by atoms with Crippen molar-refractivity contribution < 1.29 is 9.53 Å². The van der Waals surface area contributed by atoms with Crippen LogP contribution in [-0.2, 0) is 4.74 Å². The summed E-state index contributed by atoms with van der Waals surface area (Å²) in [5.41, 5.74) is 0.534. The van der Waals surface area contributed by atoms with Gasteiger partial charge in [0.15, 0.2) is 0 Å². The Morgan fingerprint density at radius 3 is 3.27 bits per heavy atom. The third kappa shape index (κ3) is 2.02. The van der Waals surface area contributed by atoms with Gasteiger partial charge >= 0.3 is 5.97 Å². The fraction of sp³-hybridized carbons (Fsp3) is 0.600. The van der Waals surface area contributed by atoms with E-state index in [1.165, 1.54) is 7.11 Å². The molecule has 1 aromatic rings. The molecule has 0 aliphatic carbocycles. The van der Waals surface area contributed by atoms with E-state index in [1.807, 2.05) is 0 Å². The zero-order valence-electron chi connectivity index (χ0n) is 8.77. The van der Waals surface area contributed by atoms with Crippen molar-refractivity contribution in [3.05, 3.63) is 18.0 Å². The molecule has 5 nitrogen and oxygen atoms in total. The zero-order valence-corrected chi connectivity index (χ0v) is 8.77. The summed E-state index contributed by atoms with van der Waals surface area (Å²) < 4.78 is 6.47. The molecule has 1 unspecified atom stereocenters. The van der Waals surface area contributed by atoms with E-state index in [2.05, 4.69) is 10.4 Å². The second kappa shape index (κ2) is 4.44. The number of carbonyl (C=O) groups is 1. The van der Waals surface area contributed by atoms with Crippen LogP contribution in [0.4, 0.5) is 0 Å². The fourth-order valence-corrected chi connectivity index (χ4v) is 1.91. The molecule has 1 N–H and O–H groups in total. The van der Waals surface area contributed by atoms with Gasteiger partial charge in [-0.25, -0.2) is 4.79 Å². The minimum absolute atomic E-state index is 0.267. The Hall–Kier alpha value is -1.36. The van der Waals surface area contributed by atoms with E-state index in [-0.39, 0.29) is 12.0 Å². The molecule has 5 heteroatoms. The van der Waals surface area contributed by atoms with Gasteiger partial charge in [-0.1, -0.05) is 0 Å². The van der Waals surface area contributed by atoms with Crippen LogP contribution in [0.25, 0.3) is 0 Å². The van der Waals surface area contributed by atoms with Crippen LogP contribution in [0.2, 0.25) is 0 Å². The Bertz CT molecular complexity index is 342. The van der Waals surface area contributed by atoms with Crippen molar-refractivity contribution in [3.63, 3.8) is 0 Å². The summed E-state index contributed by atoms with van der Waals surface area (Å²) in [5, 5.41) is 7.48. The largest absolute Gasteiger partial charge is 0.464 e. The second-order valence-corrected chi connectivity index (χ2v) is 3.65. The Morgan fingerprint density at radius 1 is 1.73 bits per heavy atom. The molecule has 1 aliphatic heterocycles. The van der Waals surface area contributed by atoms with Crippen LogP contribution in [-0.4, -0.2) is 35.9 Å². The first-order chi connectivity index (χ1) is 7.33. The van der Waals surface area contributed by atoms with Crippen LogP contribution >= 0.6 is 0 Å². The van der Waals surface area contributed by atoms with E-state index in [0.717, 1.165) is 25.9 Å². The quantitative estimate of drug-likeness (QED) is 0.724. The molecule has 1 fully saturated rings. The summed E-state index contributed by atoms with van der Waals surface area (Å²) in [7, 11) is 1.39. The zero-order chi connectivity index (χ0) is 10.7. The molecule has 1 atom stereocenters. The van der Waals surface area contributed by atoms with Crippen LogP contribution in [0.5, 0.6) is 0 Å². The molecule has 0 radical (unpaired) electrons. The summed E-state index contributed by atoms with van der Waals surface area (Å²) in [6.07, 6.45) is 3.81. The summed E-state index contributed by atoms with van der Waals surface area (Å²) >= 11 is 0. The SMILES string of the molecule is COC(=O)c1ccnn1C1CCCNC1. The van der Waals surface area contributed by atoms with Gasteiger partial charge in [0.1, 0.15) is 5.69 Å². The average Bonchev–Trinajstić information content (AvgIpc) is 2.78. The van der Waals surface area contributed by atoms with Crippen molar-refractivity contribution in [1.82, 2.24) is 15.1 Å². The molecule has 0 aromatic carbocycles. The third-order valence-corrected chi connectivity index (χ3v) is 2.68. The number of hydrogen-bond acceptors (Lipinski definition) is 4. The number of piperidine rings is 1. The van der Waals surface area contributed by atoms with Gasteiger partial charge in [0, 0.05) is 12.7 Å². The van der Waals surface area contributed by atoms with Crippen LogP contribution < -0.4 is 5.32 Å². The first-order valence-electron chi connectivity index (χ1n) is 5.15. The van der Waals surface area contributed by atoms with E-state index >= 15 is 0 Å². The molecule has 2 heterocycles. The second-order valence-electron chi connectivity index (χ2n) is 3.65. The average molecular weight is 209 g/mol. The lowest BCUT2D eigenvalue weighted by Crippen LogP contribution is -2.33. The van der Waals surface area contributed by atoms with Gasteiger partial charge in [-0.15, -0.1) is 0 Å². The fourth-order valence-electron chi connectivity index (χ4n) is 1.91. The standard InChI is InChI=1S/C10H15N3O2/c1-15-10(14)9-4-6-12-13(9)8-3-2-5-11-7-8/h4,6,8,11H,2-3,5,7H2,1H3. The first-order valence-corrected chi connectivity index (χ1v) is 5.15. The molecule has 0 saturated carbocycles. The van der Waals surface area contributed by atoms with Gasteiger partial charge in [0.05, 0.1) is 13.2 Å². The number of ether oxygens (including phenoxy) is 1. The smallest absolute Gasteiger partial charge is 0.356 e. The summed E-state index contributed by atoms with van der Waals surface area (Å²) in [4.78, 5) is 11.4. The maximum atomic E-state index is 11.4. The van der Waals surface area contributed by atoms with Crippen molar-refractivity contribution >= 4 is 5.97 Å². The van der Waals surface area contributed by atoms with E-state index in [1.54, 1.807) is 16.9 Å². The van der Waals surface area contributed by atoms with E-state index in [4.69, 9.17) is 4.74 Å². The topological polar surface area (TPSA) is 56.1 Å². The molecule has 82 valence electrons. The highest BCUT2D eigenvalue weighted by Gasteiger charge is 2.21. The number of esters is 1. The molecule has 0 bridgehead atoms. The van der Waals surface area contributed by atoms with Gasteiger partial charge in [-0.2, -0.15) is 5.10 Å². The van der Waals surface area contributed by atoms with E-state index < -0.39 is 0 Å². The lowest BCUT2D eigenvalue weighted by Gasteiger charge is -2.24. The van der Waals surface area contributed by atoms with E-state index in [0.29, 0.717) is 5.69 Å². The maximum Gasteiger partial charge on any atom is 0.356 e. The van der Waals surface area contributed by atoms with Crippen LogP contribution in [0.3, 0.4) is 0 Å². The monoisotopic (exact) mass is 209 g/mol. The Labute approximate surface area is 88.4 Å². The molecule has 2 rings (SSSR count). The Kier molecular flexibility index (Phi) is 3.01. The minimum Gasteiger partial charge on any atom is -0.464 e. The Morgan fingerprint density at radius 2 is 2.60 bits per heavy atom. The molecule has 0 spiro atoms. The molecule has 0 amide bonds. The molecular weight excluding hydrogens is 194 g/mol. The van der Waals surface area contributed by atoms with Crippen molar-refractivity contribution in [2.45, 2.75) is 18.9 Å². The van der Waals surface area contributed by atoms with Gasteiger partial charge in [-0.05, 0) is 25.5 Å². The van der Waals surface area contributed by atoms with Crippen LogP contribution in [0.15, 0.2) is 12.3 Å². The lowest BCUT2D eigenvalue weighted by atomic mass is 10.1. The van der Waals surface area contributed by atoms with Gasteiger partial charge in [0.2, 0.25) is 0 Å². The molecular formula is C10H15N3O2. The lowest BCUT2D eigenvalue weighted by molar-refractivity contribution is 0.0582. The third-order valence-electron chi connectivity index (χ3n) is 2.68. The normalized spacial score (nSPS) is 21.3. The van der Waals surface area contributed by atoms with E-state index in [9.17, 15) is 4.79 Å². The van der Waals surface area contributed by atoms with Crippen molar-refractivity contribution in [3.8, 4) is 0 Å². The van der Waals surface area contributed by atoms with Crippen LogP contribution in [0, 0.1) is 0 Å². The molecule has 1 aromatic heterocycles.